The smallest absolute Gasteiger partial charge is 0.131 e. The fraction of sp³-hybridized carbons (Fsp3) is 0.545. The van der Waals surface area contributed by atoms with Gasteiger partial charge in [0.05, 0.1) is 0 Å². The number of nitrogens with zero attached hydrogens (tertiary/aromatic N) is 2. The van der Waals surface area contributed by atoms with Gasteiger partial charge in [-0.05, 0) is 38.6 Å². The molecule has 3 nitrogen and oxygen atoms in total. The molecule has 0 amide bonds. The van der Waals surface area contributed by atoms with Gasteiger partial charge in [0.15, 0.2) is 0 Å². The Morgan fingerprint density at radius 2 is 2.47 bits per heavy atom. The Morgan fingerprint density at radius 1 is 1.60 bits per heavy atom. The van der Waals surface area contributed by atoms with E-state index in [4.69, 9.17) is 11.6 Å². The van der Waals surface area contributed by atoms with Crippen LogP contribution in [0.25, 0.3) is 0 Å². The van der Waals surface area contributed by atoms with Gasteiger partial charge in [-0.15, -0.1) is 0 Å². The van der Waals surface area contributed by atoms with E-state index in [-0.39, 0.29) is 0 Å². The summed E-state index contributed by atoms with van der Waals surface area (Å²) in [6, 6.07) is 4.36. The maximum atomic E-state index is 5.83. The van der Waals surface area contributed by atoms with Gasteiger partial charge in [0.2, 0.25) is 0 Å². The van der Waals surface area contributed by atoms with E-state index in [1.165, 1.54) is 19.4 Å². The summed E-state index contributed by atoms with van der Waals surface area (Å²) in [5.74, 6) is 0. The van der Waals surface area contributed by atoms with E-state index in [0.717, 1.165) is 12.2 Å². The molecule has 1 unspecified atom stereocenters. The topological polar surface area (TPSA) is 28.2 Å². The molecule has 0 spiro atoms. The van der Waals surface area contributed by atoms with Crippen LogP contribution in [-0.2, 0) is 0 Å². The molecule has 2 rings (SSSR count). The third-order valence-electron chi connectivity index (χ3n) is 2.72. The van der Waals surface area contributed by atoms with Crippen molar-refractivity contribution in [3.63, 3.8) is 0 Å². The van der Waals surface area contributed by atoms with Gasteiger partial charge in [-0.1, -0.05) is 11.6 Å². The van der Waals surface area contributed by atoms with E-state index in [9.17, 15) is 0 Å². The van der Waals surface area contributed by atoms with Crippen molar-refractivity contribution in [3.05, 3.63) is 23.5 Å². The predicted molar refractivity (Wildman–Crippen MR) is 63.4 cm³/mol. The van der Waals surface area contributed by atoms with Crippen LogP contribution in [0.5, 0.6) is 0 Å². The molecule has 1 atom stereocenters. The third kappa shape index (κ3) is 3.08. The maximum absolute atomic E-state index is 5.83. The average Bonchev–Trinajstić information content (AvgIpc) is 2.17. The van der Waals surface area contributed by atoms with E-state index in [0.29, 0.717) is 11.2 Å². The van der Waals surface area contributed by atoms with Crippen molar-refractivity contribution in [1.29, 1.82) is 0 Å². The van der Waals surface area contributed by atoms with Gasteiger partial charge in [0.1, 0.15) is 5.15 Å². The number of hydrogen-bond acceptors (Lipinski definition) is 3. The molecule has 0 bridgehead atoms. The molecule has 1 aliphatic heterocycles. The second-order valence-corrected chi connectivity index (χ2v) is 4.50. The van der Waals surface area contributed by atoms with Crippen LogP contribution in [-0.4, -0.2) is 36.1 Å². The zero-order valence-corrected chi connectivity index (χ0v) is 9.67. The molecule has 82 valence electrons. The second-order valence-electron chi connectivity index (χ2n) is 4.11. The molecular formula is C11H16ClN3. The van der Waals surface area contributed by atoms with E-state index in [1.807, 2.05) is 12.1 Å². The zero-order valence-electron chi connectivity index (χ0n) is 8.91. The first-order valence-electron chi connectivity index (χ1n) is 5.30. The fourth-order valence-corrected chi connectivity index (χ4v) is 2.19. The number of nitrogens with one attached hydrogen (secondary N) is 1. The zero-order chi connectivity index (χ0) is 10.7. The Hall–Kier alpha value is -0.800. The summed E-state index contributed by atoms with van der Waals surface area (Å²) in [6.07, 6.45) is 4.22. The fourth-order valence-electron chi connectivity index (χ4n) is 2.01. The molecule has 0 aliphatic carbocycles. The van der Waals surface area contributed by atoms with Crippen molar-refractivity contribution in [3.8, 4) is 0 Å². The Kier molecular flexibility index (Phi) is 3.44. The van der Waals surface area contributed by atoms with Crippen LogP contribution in [0.2, 0.25) is 5.15 Å². The number of hydrogen-bond donors (Lipinski definition) is 1. The van der Waals surface area contributed by atoms with Crippen LogP contribution >= 0.6 is 11.6 Å². The Morgan fingerprint density at radius 3 is 3.20 bits per heavy atom. The maximum Gasteiger partial charge on any atom is 0.131 e. The third-order valence-corrected chi connectivity index (χ3v) is 2.93. The Bertz CT molecular complexity index is 329. The molecule has 1 aromatic heterocycles. The molecule has 2 heterocycles. The predicted octanol–water partition coefficient (Wildman–Crippen LogP) is 2.24. The highest BCUT2D eigenvalue weighted by atomic mass is 35.5. The lowest BCUT2D eigenvalue weighted by molar-refractivity contribution is 0.261. The first kappa shape index (κ1) is 10.7. The van der Waals surface area contributed by atoms with Crippen molar-refractivity contribution >= 4 is 17.3 Å². The summed E-state index contributed by atoms with van der Waals surface area (Å²) >= 11 is 5.83. The number of anilines is 1. The molecule has 1 N–H and O–H groups in total. The number of pyridine rings is 1. The van der Waals surface area contributed by atoms with Crippen LogP contribution < -0.4 is 5.32 Å². The van der Waals surface area contributed by atoms with E-state index in [2.05, 4.69) is 22.2 Å². The van der Waals surface area contributed by atoms with Crippen molar-refractivity contribution in [1.82, 2.24) is 9.88 Å². The first-order valence-corrected chi connectivity index (χ1v) is 5.68. The van der Waals surface area contributed by atoms with Gasteiger partial charge >= 0.3 is 0 Å². The van der Waals surface area contributed by atoms with E-state index < -0.39 is 0 Å². The summed E-state index contributed by atoms with van der Waals surface area (Å²) in [4.78, 5) is 6.31. The highest BCUT2D eigenvalue weighted by Crippen LogP contribution is 2.17. The summed E-state index contributed by atoms with van der Waals surface area (Å²) < 4.78 is 0. The van der Waals surface area contributed by atoms with E-state index >= 15 is 0 Å². The molecule has 1 aliphatic rings. The normalized spacial score (nSPS) is 22.7. The van der Waals surface area contributed by atoms with Crippen molar-refractivity contribution < 1.29 is 0 Å². The highest BCUT2D eigenvalue weighted by Gasteiger charge is 2.16. The van der Waals surface area contributed by atoms with Crippen LogP contribution in [0.4, 0.5) is 5.69 Å². The standard InChI is InChI=1S/C11H16ClN3/c1-15-6-2-3-10(8-15)14-9-4-5-13-11(12)7-9/h4-5,7,10H,2-3,6,8H2,1H3,(H,13,14). The van der Waals surface area contributed by atoms with Crippen molar-refractivity contribution in [2.24, 2.45) is 0 Å². The highest BCUT2D eigenvalue weighted by molar-refractivity contribution is 6.29. The Balaban J connectivity index is 1.96. The van der Waals surface area contributed by atoms with Gasteiger partial charge in [0.25, 0.3) is 0 Å². The molecule has 1 aromatic rings. The number of aromatic nitrogens is 1. The Labute approximate surface area is 95.4 Å². The second kappa shape index (κ2) is 4.81. The summed E-state index contributed by atoms with van der Waals surface area (Å²) in [6.45, 7) is 2.30. The van der Waals surface area contributed by atoms with Gasteiger partial charge in [0, 0.05) is 24.5 Å². The monoisotopic (exact) mass is 225 g/mol. The first-order chi connectivity index (χ1) is 7.24. The van der Waals surface area contributed by atoms with E-state index in [1.54, 1.807) is 6.20 Å². The van der Waals surface area contributed by atoms with Gasteiger partial charge in [-0.2, -0.15) is 0 Å². The largest absolute Gasteiger partial charge is 0.381 e. The summed E-state index contributed by atoms with van der Waals surface area (Å²) in [7, 11) is 2.16. The molecular weight excluding hydrogens is 210 g/mol. The number of likely N-dealkylation sites (tertiary alicyclic amines) is 1. The van der Waals surface area contributed by atoms with Crippen LogP contribution in [0.3, 0.4) is 0 Å². The molecule has 0 radical (unpaired) electrons. The molecule has 15 heavy (non-hydrogen) atoms. The average molecular weight is 226 g/mol. The number of rotatable bonds is 2. The number of halogens is 1. The van der Waals surface area contributed by atoms with Crippen LogP contribution in [0.1, 0.15) is 12.8 Å². The van der Waals surface area contributed by atoms with Gasteiger partial charge in [-0.3, -0.25) is 0 Å². The van der Waals surface area contributed by atoms with Gasteiger partial charge < -0.3 is 10.2 Å². The van der Waals surface area contributed by atoms with Gasteiger partial charge in [-0.25, -0.2) is 4.98 Å². The SMILES string of the molecule is CN1CCCC(Nc2ccnc(Cl)c2)C1. The quantitative estimate of drug-likeness (QED) is 0.783. The minimum Gasteiger partial charge on any atom is -0.381 e. The molecule has 1 saturated heterocycles. The van der Waals surface area contributed by atoms with Crippen molar-refractivity contribution in [2.75, 3.05) is 25.5 Å². The molecule has 4 heteroatoms. The summed E-state index contributed by atoms with van der Waals surface area (Å²) in [5.41, 5.74) is 1.07. The minimum atomic E-state index is 0.530. The molecule has 0 saturated carbocycles. The number of likely N-dealkylation sites (N-methyl/N-ethyl adjacent to an activating group) is 1. The van der Waals surface area contributed by atoms with Crippen LogP contribution in [0, 0.1) is 0 Å². The lowest BCUT2D eigenvalue weighted by Crippen LogP contribution is -2.39. The summed E-state index contributed by atoms with van der Waals surface area (Å²) in [5, 5.41) is 4.03. The number of piperidine rings is 1. The molecule has 1 fully saturated rings. The lowest BCUT2D eigenvalue weighted by atomic mass is 10.1. The lowest BCUT2D eigenvalue weighted by Gasteiger charge is -2.30. The molecule has 0 aromatic carbocycles. The van der Waals surface area contributed by atoms with Crippen molar-refractivity contribution in [2.45, 2.75) is 18.9 Å². The van der Waals surface area contributed by atoms with Crippen LogP contribution in [0.15, 0.2) is 18.3 Å². The minimum absolute atomic E-state index is 0.530.